The third-order valence-electron chi connectivity index (χ3n) is 1.19. The van der Waals surface area contributed by atoms with E-state index in [9.17, 15) is 5.21 Å². The smallest absolute Gasteiger partial charge is 0.297 e. The highest BCUT2D eigenvalue weighted by Crippen LogP contribution is 2.35. The third-order valence-corrected chi connectivity index (χ3v) is 2.95. The van der Waals surface area contributed by atoms with Crippen LogP contribution in [-0.2, 0) is 0 Å². The van der Waals surface area contributed by atoms with Crippen molar-refractivity contribution >= 4 is 52.2 Å². The Morgan fingerprint density at radius 3 is 2.00 bits per heavy atom. The molecule has 1 aromatic heterocycles. The number of aromatic nitrogens is 1. The van der Waals surface area contributed by atoms with E-state index >= 15 is 0 Å². The van der Waals surface area contributed by atoms with E-state index in [0.717, 1.165) is 0 Å². The molecule has 66 valence electrons. The van der Waals surface area contributed by atoms with Gasteiger partial charge in [-0.25, -0.2) is 4.73 Å². The Morgan fingerprint density at radius 1 is 1.00 bits per heavy atom. The average Bonchev–Trinajstić information content (AvgIpc) is 2.08. The van der Waals surface area contributed by atoms with E-state index in [-0.39, 0.29) is 30.8 Å². The molecule has 0 atom stereocenters. The summed E-state index contributed by atoms with van der Waals surface area (Å²) in [5.74, 6) is -0.268. The molecule has 7 heteroatoms. The van der Waals surface area contributed by atoms with E-state index in [1.165, 1.54) is 0 Å². The quantitative estimate of drug-likeness (QED) is 0.435. The number of hydrogen-bond acceptors (Lipinski definition) is 2. The lowest BCUT2D eigenvalue weighted by Gasteiger charge is -2.10. The molecule has 0 fully saturated rings. The van der Waals surface area contributed by atoms with Gasteiger partial charge in [0.1, 0.15) is 5.02 Å². The van der Waals surface area contributed by atoms with Crippen molar-refractivity contribution < 1.29 is 4.73 Å². The zero-order valence-corrected chi connectivity index (χ0v) is 8.47. The molecular formula is C5H2Cl4N2O. The van der Waals surface area contributed by atoms with Crippen LogP contribution >= 0.6 is 46.4 Å². The van der Waals surface area contributed by atoms with E-state index in [4.69, 9.17) is 52.1 Å². The molecule has 1 aromatic rings. The van der Waals surface area contributed by atoms with Crippen molar-refractivity contribution in [1.29, 1.82) is 0 Å². The molecule has 0 saturated heterocycles. The number of halogens is 4. The van der Waals surface area contributed by atoms with Crippen molar-refractivity contribution in [2.75, 3.05) is 5.73 Å². The fourth-order valence-electron chi connectivity index (χ4n) is 0.583. The largest absolute Gasteiger partial charge is 0.709 e. The Balaban J connectivity index is 3.60. The summed E-state index contributed by atoms with van der Waals surface area (Å²) in [6, 6.07) is 0. The van der Waals surface area contributed by atoms with Gasteiger partial charge >= 0.3 is 0 Å². The summed E-state index contributed by atoms with van der Waals surface area (Å²) in [5.41, 5.74) is 5.24. The van der Waals surface area contributed by atoms with Crippen LogP contribution in [0.15, 0.2) is 0 Å². The molecule has 0 unspecified atom stereocenters. The lowest BCUT2D eigenvalue weighted by molar-refractivity contribution is -0.587. The molecule has 0 aliphatic heterocycles. The predicted octanol–water partition coefficient (Wildman–Crippen LogP) is 2.52. The first kappa shape index (κ1) is 9.99. The minimum atomic E-state index is -0.288. The topological polar surface area (TPSA) is 53.0 Å². The van der Waals surface area contributed by atoms with Gasteiger partial charge in [0.2, 0.25) is 5.15 Å². The minimum absolute atomic E-state index is 0.0204. The van der Waals surface area contributed by atoms with Crippen LogP contribution in [0.5, 0.6) is 0 Å². The second-order valence-corrected chi connectivity index (χ2v) is 3.40. The predicted molar refractivity (Wildman–Crippen MR) is 49.9 cm³/mol. The number of rotatable bonds is 0. The number of nitrogen functional groups attached to an aromatic ring is 1. The van der Waals surface area contributed by atoms with Gasteiger partial charge in [0.05, 0.1) is 5.02 Å². The molecule has 0 radical (unpaired) electrons. The van der Waals surface area contributed by atoms with E-state index in [0.29, 0.717) is 0 Å². The maximum absolute atomic E-state index is 11.0. The van der Waals surface area contributed by atoms with Gasteiger partial charge in [-0.15, -0.1) is 0 Å². The maximum Gasteiger partial charge on any atom is 0.297 e. The summed E-state index contributed by atoms with van der Waals surface area (Å²) in [5, 5.41) is 10.5. The van der Waals surface area contributed by atoms with E-state index in [2.05, 4.69) is 0 Å². The van der Waals surface area contributed by atoms with Crippen molar-refractivity contribution in [2.24, 2.45) is 0 Å². The number of pyridine rings is 1. The lowest BCUT2D eigenvalue weighted by atomic mass is 10.4. The normalized spacial score (nSPS) is 10.3. The van der Waals surface area contributed by atoms with E-state index in [1.54, 1.807) is 0 Å². The van der Waals surface area contributed by atoms with Crippen LogP contribution in [0, 0.1) is 5.21 Å². The first-order chi connectivity index (χ1) is 5.46. The zero-order valence-electron chi connectivity index (χ0n) is 5.44. The first-order valence-electron chi connectivity index (χ1n) is 2.67. The van der Waals surface area contributed by atoms with Gasteiger partial charge in [0.15, 0.2) is 5.02 Å². The van der Waals surface area contributed by atoms with Crippen molar-refractivity contribution in [3.8, 4) is 0 Å². The maximum atomic E-state index is 11.0. The second-order valence-electron chi connectivity index (χ2n) is 1.91. The van der Waals surface area contributed by atoms with Crippen LogP contribution in [0.2, 0.25) is 20.2 Å². The van der Waals surface area contributed by atoms with Gasteiger partial charge in [-0.1, -0.05) is 34.8 Å². The van der Waals surface area contributed by atoms with Gasteiger partial charge < -0.3 is 5.21 Å². The summed E-state index contributed by atoms with van der Waals surface area (Å²) in [6.07, 6.45) is 0. The SMILES string of the molecule is Nc1c(Cl)c(Cl)c(Cl)c(Cl)[n+]1[O-]. The monoisotopic (exact) mass is 246 g/mol. The van der Waals surface area contributed by atoms with Crippen molar-refractivity contribution in [2.45, 2.75) is 0 Å². The van der Waals surface area contributed by atoms with Gasteiger partial charge in [0, 0.05) is 0 Å². The summed E-state index contributed by atoms with van der Waals surface area (Å²) < 4.78 is 0.206. The summed E-state index contributed by atoms with van der Waals surface area (Å²) in [7, 11) is 0. The van der Waals surface area contributed by atoms with Crippen LogP contribution in [0.4, 0.5) is 5.82 Å². The van der Waals surface area contributed by atoms with Gasteiger partial charge in [-0.2, -0.15) is 0 Å². The highest BCUT2D eigenvalue weighted by molar-refractivity contribution is 6.51. The Kier molecular flexibility index (Phi) is 2.78. The van der Waals surface area contributed by atoms with E-state index in [1.807, 2.05) is 0 Å². The van der Waals surface area contributed by atoms with Crippen molar-refractivity contribution in [3.05, 3.63) is 25.4 Å². The molecule has 0 aliphatic rings. The standard InChI is InChI=1S/C5H2Cl4N2O/c6-1-2(7)4(9)11(12)5(10)3(1)8/h10H2. The molecule has 0 aliphatic carbocycles. The molecule has 1 heterocycles. The molecule has 2 N–H and O–H groups in total. The van der Waals surface area contributed by atoms with Gasteiger partial charge in [-0.3, -0.25) is 5.73 Å². The Labute approximate surface area is 88.2 Å². The molecule has 1 rings (SSSR count). The third kappa shape index (κ3) is 1.38. The molecule has 0 saturated carbocycles. The summed E-state index contributed by atoms with van der Waals surface area (Å²) in [6.45, 7) is 0. The minimum Gasteiger partial charge on any atom is -0.709 e. The van der Waals surface area contributed by atoms with Crippen LogP contribution in [0.25, 0.3) is 0 Å². The molecule has 0 spiro atoms. The van der Waals surface area contributed by atoms with Crippen LogP contribution in [0.1, 0.15) is 0 Å². The number of nitrogens with two attached hydrogens (primary N) is 1. The Bertz CT molecular complexity index is 236. The van der Waals surface area contributed by atoms with E-state index < -0.39 is 0 Å². The number of hydrogen-bond donors (Lipinski definition) is 1. The Hall–Kier alpha value is -0.0900. The van der Waals surface area contributed by atoms with Gasteiger partial charge in [0.25, 0.3) is 5.82 Å². The van der Waals surface area contributed by atoms with Crippen molar-refractivity contribution in [3.63, 3.8) is 0 Å². The zero-order chi connectivity index (χ0) is 9.46. The van der Waals surface area contributed by atoms with Crippen LogP contribution in [0.3, 0.4) is 0 Å². The number of nitrogens with zero attached hydrogens (tertiary/aromatic N) is 1. The highest BCUT2D eigenvalue weighted by Gasteiger charge is 2.19. The van der Waals surface area contributed by atoms with Crippen LogP contribution in [-0.4, -0.2) is 0 Å². The fourth-order valence-corrected chi connectivity index (χ4v) is 1.39. The fraction of sp³-hybridized carbons (Fsp3) is 0. The second kappa shape index (κ2) is 3.34. The summed E-state index contributed by atoms with van der Waals surface area (Å²) in [4.78, 5) is 0. The molecule has 0 amide bonds. The lowest BCUT2D eigenvalue weighted by Crippen LogP contribution is -2.32. The van der Waals surface area contributed by atoms with Crippen molar-refractivity contribution in [1.82, 2.24) is 0 Å². The molecule has 0 bridgehead atoms. The molecule has 0 aromatic carbocycles. The average molecular weight is 248 g/mol. The highest BCUT2D eigenvalue weighted by atomic mass is 35.5. The first-order valence-corrected chi connectivity index (χ1v) is 4.19. The van der Waals surface area contributed by atoms with Gasteiger partial charge in [-0.05, 0) is 11.6 Å². The number of anilines is 1. The summed E-state index contributed by atoms with van der Waals surface area (Å²) >= 11 is 22.1. The Morgan fingerprint density at radius 2 is 1.50 bits per heavy atom. The molecule has 12 heavy (non-hydrogen) atoms. The molecular weight excluding hydrogens is 246 g/mol. The van der Waals surface area contributed by atoms with Crippen LogP contribution < -0.4 is 10.5 Å². The molecule has 3 nitrogen and oxygen atoms in total.